The second-order valence-corrected chi connectivity index (χ2v) is 12.8. The maximum absolute atomic E-state index is 12.5. The largest absolute Gasteiger partial charge is 0.392 e. The van der Waals surface area contributed by atoms with Crippen molar-refractivity contribution >= 4 is 23.6 Å². The highest BCUT2D eigenvalue weighted by Gasteiger charge is 2.32. The highest BCUT2D eigenvalue weighted by atomic mass is 32.2. The van der Waals surface area contributed by atoms with Gasteiger partial charge in [0.05, 0.1) is 18.8 Å². The van der Waals surface area contributed by atoms with Crippen LogP contribution in [0, 0.1) is 0 Å². The number of ether oxygens (including phenoxy) is 2. The van der Waals surface area contributed by atoms with E-state index in [0.717, 1.165) is 63.6 Å². The lowest BCUT2D eigenvalue weighted by Gasteiger charge is -2.36. The number of benzene rings is 3. The van der Waals surface area contributed by atoms with Crippen molar-refractivity contribution < 1.29 is 24.2 Å². The van der Waals surface area contributed by atoms with E-state index in [1.807, 2.05) is 60.3 Å². The standard InChI is InChI=1S/C37H44N4O5S/c1-26(43)38-19-7-3-4-10-35(44)40-23-31-8-5-6-9-33(31)28-15-17-30(18-16-28)36-45-32(25-47-37-39-20-21-41(37)2)22-34(46-36)29-13-11-27(24-42)12-14-29/h5-6,8-9,11-18,20-21,32,34,36,42H,3-4,7,10,19,22-25H2,1-2H3,(H,38,43)(H,40,44). The summed E-state index contributed by atoms with van der Waals surface area (Å²) in [6.07, 6.45) is 6.71. The molecule has 3 unspecified atom stereocenters. The molecule has 1 saturated heterocycles. The number of aliphatic hydroxyl groups is 1. The molecule has 0 aliphatic carbocycles. The normalized spacial score (nSPS) is 17.7. The molecule has 1 aromatic heterocycles. The molecule has 248 valence electrons. The molecule has 3 aromatic carbocycles. The van der Waals surface area contributed by atoms with Crippen LogP contribution >= 0.6 is 11.8 Å². The van der Waals surface area contributed by atoms with Crippen molar-refractivity contribution in [3.8, 4) is 11.1 Å². The Bertz CT molecular complexity index is 1590. The summed E-state index contributed by atoms with van der Waals surface area (Å²) in [6.45, 7) is 2.61. The average Bonchev–Trinajstić information content (AvgIpc) is 3.52. The van der Waals surface area contributed by atoms with Crippen molar-refractivity contribution in [3.63, 3.8) is 0 Å². The van der Waals surface area contributed by atoms with Crippen LogP contribution in [0.3, 0.4) is 0 Å². The van der Waals surface area contributed by atoms with E-state index in [-0.39, 0.29) is 30.6 Å². The quantitative estimate of drug-likeness (QED) is 0.103. The van der Waals surface area contributed by atoms with Gasteiger partial charge in [0, 0.05) is 63.6 Å². The average molecular weight is 657 g/mol. The number of hydrogen-bond acceptors (Lipinski definition) is 7. The summed E-state index contributed by atoms with van der Waals surface area (Å²) in [4.78, 5) is 27.9. The van der Waals surface area contributed by atoms with Crippen molar-refractivity contribution in [1.82, 2.24) is 20.2 Å². The van der Waals surface area contributed by atoms with Crippen LogP contribution in [-0.4, -0.2) is 44.9 Å². The Morgan fingerprint density at radius 3 is 2.45 bits per heavy atom. The molecule has 2 heterocycles. The first-order valence-electron chi connectivity index (χ1n) is 16.2. The molecule has 1 aliphatic rings. The number of carbonyl (C=O) groups excluding carboxylic acids is 2. The molecule has 5 rings (SSSR count). The third kappa shape index (κ3) is 10.0. The number of nitrogens with zero attached hydrogens (tertiary/aromatic N) is 2. The zero-order valence-corrected chi connectivity index (χ0v) is 27.9. The number of aliphatic hydroxyl groups excluding tert-OH is 1. The van der Waals surface area contributed by atoms with Gasteiger partial charge in [-0.1, -0.05) is 91.0 Å². The molecule has 3 atom stereocenters. The molecule has 47 heavy (non-hydrogen) atoms. The first-order chi connectivity index (χ1) is 22.9. The molecular formula is C37H44N4O5S. The van der Waals surface area contributed by atoms with E-state index in [0.29, 0.717) is 25.9 Å². The van der Waals surface area contributed by atoms with Gasteiger partial charge in [-0.3, -0.25) is 9.59 Å². The summed E-state index contributed by atoms with van der Waals surface area (Å²) in [5.74, 6) is 0.740. The van der Waals surface area contributed by atoms with E-state index in [4.69, 9.17) is 9.47 Å². The maximum Gasteiger partial charge on any atom is 0.220 e. The Morgan fingerprint density at radius 1 is 0.957 bits per heavy atom. The SMILES string of the molecule is CC(=O)NCCCCCC(=O)NCc1ccccc1-c1ccc(C2OC(CSc3nccn3C)CC(c3ccc(CO)cc3)O2)cc1. The molecule has 10 heteroatoms. The summed E-state index contributed by atoms with van der Waals surface area (Å²) >= 11 is 1.67. The Balaban J connectivity index is 1.23. The number of nitrogens with one attached hydrogen (secondary N) is 2. The van der Waals surface area contributed by atoms with Gasteiger partial charge in [-0.15, -0.1) is 0 Å². The van der Waals surface area contributed by atoms with Crippen LogP contribution in [0.2, 0.25) is 0 Å². The summed E-state index contributed by atoms with van der Waals surface area (Å²) in [5, 5.41) is 16.3. The lowest BCUT2D eigenvalue weighted by molar-refractivity contribution is -0.245. The molecule has 0 bridgehead atoms. The number of thioether (sulfide) groups is 1. The highest BCUT2D eigenvalue weighted by molar-refractivity contribution is 7.99. The van der Waals surface area contributed by atoms with Crippen LogP contribution in [-0.2, 0) is 39.3 Å². The van der Waals surface area contributed by atoms with Crippen LogP contribution in [0.5, 0.6) is 0 Å². The number of amides is 2. The van der Waals surface area contributed by atoms with Gasteiger partial charge >= 0.3 is 0 Å². The van der Waals surface area contributed by atoms with E-state index < -0.39 is 6.29 Å². The second-order valence-electron chi connectivity index (χ2n) is 11.8. The molecule has 3 N–H and O–H groups in total. The van der Waals surface area contributed by atoms with Gasteiger partial charge in [-0.25, -0.2) is 4.98 Å². The van der Waals surface area contributed by atoms with Gasteiger partial charge in [0.1, 0.15) is 0 Å². The predicted molar refractivity (Wildman–Crippen MR) is 183 cm³/mol. The van der Waals surface area contributed by atoms with E-state index in [1.165, 1.54) is 6.92 Å². The first-order valence-corrected chi connectivity index (χ1v) is 17.2. The number of aromatic nitrogens is 2. The van der Waals surface area contributed by atoms with E-state index in [9.17, 15) is 14.7 Å². The molecule has 0 spiro atoms. The Morgan fingerprint density at radius 2 is 1.72 bits per heavy atom. The van der Waals surface area contributed by atoms with Gasteiger partial charge in [-0.05, 0) is 40.7 Å². The summed E-state index contributed by atoms with van der Waals surface area (Å²) in [6, 6.07) is 24.3. The van der Waals surface area contributed by atoms with E-state index in [1.54, 1.807) is 18.0 Å². The highest BCUT2D eigenvalue weighted by Crippen LogP contribution is 2.40. The van der Waals surface area contributed by atoms with Crippen molar-refractivity contribution in [2.24, 2.45) is 7.05 Å². The third-order valence-electron chi connectivity index (χ3n) is 8.23. The van der Waals surface area contributed by atoms with Gasteiger partial charge < -0.3 is 29.8 Å². The zero-order chi connectivity index (χ0) is 33.0. The zero-order valence-electron chi connectivity index (χ0n) is 27.1. The number of carbonyl (C=O) groups is 2. The van der Waals surface area contributed by atoms with E-state index >= 15 is 0 Å². The Hall–Kier alpha value is -3.96. The van der Waals surface area contributed by atoms with Crippen LogP contribution in [0.4, 0.5) is 0 Å². The summed E-state index contributed by atoms with van der Waals surface area (Å²) in [7, 11) is 1.99. The third-order valence-corrected chi connectivity index (χ3v) is 9.42. The smallest absolute Gasteiger partial charge is 0.220 e. The molecule has 2 amide bonds. The lowest BCUT2D eigenvalue weighted by atomic mass is 9.97. The molecule has 1 fully saturated rings. The maximum atomic E-state index is 12.5. The topological polar surface area (TPSA) is 115 Å². The first kappa shape index (κ1) is 34.4. The van der Waals surface area contributed by atoms with Crippen LogP contribution in [0.1, 0.15) is 73.7 Å². The predicted octanol–water partition coefficient (Wildman–Crippen LogP) is 6.23. The van der Waals surface area contributed by atoms with Gasteiger partial charge in [0.2, 0.25) is 11.8 Å². The molecule has 9 nitrogen and oxygen atoms in total. The number of rotatable bonds is 15. The fourth-order valence-electron chi connectivity index (χ4n) is 5.59. The van der Waals surface area contributed by atoms with Crippen LogP contribution < -0.4 is 10.6 Å². The lowest BCUT2D eigenvalue weighted by Crippen LogP contribution is -2.31. The van der Waals surface area contributed by atoms with Crippen LogP contribution in [0.15, 0.2) is 90.3 Å². The van der Waals surface area contributed by atoms with Crippen molar-refractivity contribution in [2.45, 2.75) is 75.8 Å². The van der Waals surface area contributed by atoms with Gasteiger partial charge in [-0.2, -0.15) is 0 Å². The summed E-state index contributed by atoms with van der Waals surface area (Å²) in [5.41, 5.74) is 6.01. The molecule has 0 radical (unpaired) electrons. The van der Waals surface area contributed by atoms with Crippen molar-refractivity contribution in [1.29, 1.82) is 0 Å². The molecular weight excluding hydrogens is 612 g/mol. The number of aryl methyl sites for hydroxylation is 1. The molecule has 0 saturated carbocycles. The van der Waals surface area contributed by atoms with Crippen molar-refractivity contribution in [2.75, 3.05) is 12.3 Å². The monoisotopic (exact) mass is 656 g/mol. The summed E-state index contributed by atoms with van der Waals surface area (Å²) < 4.78 is 15.1. The number of imidazole rings is 1. The molecule has 4 aromatic rings. The fourth-order valence-corrected chi connectivity index (χ4v) is 6.54. The Labute approximate surface area is 281 Å². The van der Waals surface area contributed by atoms with E-state index in [2.05, 4.69) is 45.9 Å². The number of hydrogen-bond donors (Lipinski definition) is 3. The van der Waals surface area contributed by atoms with Gasteiger partial charge in [0.15, 0.2) is 11.4 Å². The number of unbranched alkanes of at least 4 members (excludes halogenated alkanes) is 2. The Kier molecular flexibility index (Phi) is 12.6. The molecule has 1 aliphatic heterocycles. The van der Waals surface area contributed by atoms with Crippen molar-refractivity contribution in [3.05, 3.63) is 107 Å². The minimum atomic E-state index is -0.542. The second kappa shape index (κ2) is 17.3. The minimum absolute atomic E-state index is 0.00441. The fraction of sp³-hybridized carbons (Fsp3) is 0.378. The van der Waals surface area contributed by atoms with Gasteiger partial charge in [0.25, 0.3) is 0 Å². The van der Waals surface area contributed by atoms with Crippen LogP contribution in [0.25, 0.3) is 11.1 Å². The minimum Gasteiger partial charge on any atom is -0.392 e.